The third kappa shape index (κ3) is 4.83. The number of aromatic nitrogens is 3. The Hall–Kier alpha value is -3.87. The Morgan fingerprint density at radius 2 is 1.90 bits per heavy atom. The number of hydrogen-bond donors (Lipinski definition) is 2. The van der Waals surface area contributed by atoms with Gasteiger partial charge in [-0.1, -0.05) is 36.4 Å². The summed E-state index contributed by atoms with van der Waals surface area (Å²) in [6.45, 7) is 0. The van der Waals surface area contributed by atoms with Gasteiger partial charge in [-0.2, -0.15) is 5.10 Å². The predicted octanol–water partition coefficient (Wildman–Crippen LogP) is 3.19. The van der Waals surface area contributed by atoms with Crippen LogP contribution < -0.4 is 5.32 Å². The summed E-state index contributed by atoms with van der Waals surface area (Å²) in [7, 11) is 1.33. The van der Waals surface area contributed by atoms with Gasteiger partial charge in [-0.25, -0.2) is 9.48 Å². The lowest BCUT2D eigenvalue weighted by molar-refractivity contribution is -0.145. The van der Waals surface area contributed by atoms with E-state index in [1.807, 2.05) is 67.0 Å². The molecule has 4 aromatic rings. The number of aryl methyl sites for hydroxylation is 1. The van der Waals surface area contributed by atoms with Crippen molar-refractivity contribution < 1.29 is 14.3 Å². The summed E-state index contributed by atoms with van der Waals surface area (Å²) in [5, 5.41) is 8.20. The van der Waals surface area contributed by atoms with Crippen molar-refractivity contribution in [2.75, 3.05) is 7.11 Å². The van der Waals surface area contributed by atoms with E-state index in [0.29, 0.717) is 12.8 Å². The monoisotopic (exact) mass is 416 g/mol. The number of aromatic amines is 1. The molecule has 4 rings (SSSR count). The maximum Gasteiger partial charge on any atom is 0.328 e. The van der Waals surface area contributed by atoms with Crippen molar-refractivity contribution in [3.8, 4) is 5.69 Å². The SMILES string of the molecule is COC(=O)C(Cc1c[nH]c2ccccc12)NC(=O)CCc1cnn(-c2ccccc2)c1. The number of methoxy groups -OCH3 is 1. The van der Waals surface area contributed by atoms with Crippen molar-refractivity contribution in [3.05, 3.63) is 84.3 Å². The third-order valence-electron chi connectivity index (χ3n) is 5.22. The Balaban J connectivity index is 1.38. The molecule has 1 unspecified atom stereocenters. The molecule has 0 saturated heterocycles. The van der Waals surface area contributed by atoms with Crippen LogP contribution in [0.4, 0.5) is 0 Å². The summed E-state index contributed by atoms with van der Waals surface area (Å²) in [5.41, 5.74) is 3.85. The first kappa shape index (κ1) is 20.4. The number of para-hydroxylation sites is 2. The molecule has 0 radical (unpaired) electrons. The number of nitrogens with zero attached hydrogens (tertiary/aromatic N) is 2. The van der Waals surface area contributed by atoms with Gasteiger partial charge >= 0.3 is 5.97 Å². The van der Waals surface area contributed by atoms with Crippen LogP contribution in [0.25, 0.3) is 16.6 Å². The molecule has 1 amide bonds. The molecule has 0 aliphatic heterocycles. The topological polar surface area (TPSA) is 89.0 Å². The number of esters is 1. The fourth-order valence-corrected chi connectivity index (χ4v) is 3.59. The predicted molar refractivity (Wildman–Crippen MR) is 118 cm³/mol. The first-order valence-electron chi connectivity index (χ1n) is 10.1. The molecule has 0 aliphatic carbocycles. The summed E-state index contributed by atoms with van der Waals surface area (Å²) in [6, 6.07) is 16.9. The van der Waals surface area contributed by atoms with Gasteiger partial charge in [0.1, 0.15) is 6.04 Å². The molecule has 2 N–H and O–H groups in total. The van der Waals surface area contributed by atoms with Gasteiger partial charge < -0.3 is 15.0 Å². The van der Waals surface area contributed by atoms with E-state index in [2.05, 4.69) is 15.4 Å². The molecule has 7 heteroatoms. The van der Waals surface area contributed by atoms with Gasteiger partial charge in [-0.3, -0.25) is 4.79 Å². The fourth-order valence-electron chi connectivity index (χ4n) is 3.59. The quantitative estimate of drug-likeness (QED) is 0.432. The Morgan fingerprint density at radius 3 is 2.71 bits per heavy atom. The first-order valence-corrected chi connectivity index (χ1v) is 10.1. The van der Waals surface area contributed by atoms with Crippen LogP contribution in [-0.2, 0) is 27.2 Å². The maximum atomic E-state index is 12.6. The van der Waals surface area contributed by atoms with E-state index in [1.165, 1.54) is 7.11 Å². The lowest BCUT2D eigenvalue weighted by Crippen LogP contribution is -2.43. The number of hydrogen-bond acceptors (Lipinski definition) is 4. The number of rotatable bonds is 8. The minimum Gasteiger partial charge on any atom is -0.467 e. The minimum absolute atomic E-state index is 0.206. The smallest absolute Gasteiger partial charge is 0.328 e. The maximum absolute atomic E-state index is 12.6. The van der Waals surface area contributed by atoms with Crippen LogP contribution in [0.1, 0.15) is 17.5 Å². The number of carbonyl (C=O) groups is 2. The average Bonchev–Trinajstić information content (AvgIpc) is 3.45. The van der Waals surface area contributed by atoms with E-state index >= 15 is 0 Å². The standard InChI is InChI=1S/C24H24N4O3/c1-31-24(30)22(13-18-15-25-21-10-6-5-9-20(18)21)27-23(29)12-11-17-14-26-28(16-17)19-7-3-2-4-8-19/h2-10,14-16,22,25H,11-13H2,1H3,(H,27,29). The van der Waals surface area contributed by atoms with E-state index < -0.39 is 12.0 Å². The van der Waals surface area contributed by atoms with Crippen molar-refractivity contribution in [2.45, 2.75) is 25.3 Å². The van der Waals surface area contributed by atoms with E-state index in [-0.39, 0.29) is 12.3 Å². The molecule has 0 bridgehead atoms. The van der Waals surface area contributed by atoms with E-state index in [1.54, 1.807) is 10.9 Å². The van der Waals surface area contributed by atoms with Crippen LogP contribution in [0.15, 0.2) is 73.2 Å². The zero-order chi connectivity index (χ0) is 21.6. The molecule has 0 fully saturated rings. The van der Waals surface area contributed by atoms with Crippen LogP contribution in [-0.4, -0.2) is 39.8 Å². The summed E-state index contributed by atoms with van der Waals surface area (Å²) in [6.07, 6.45) is 6.66. The van der Waals surface area contributed by atoms with Gasteiger partial charge in [0.15, 0.2) is 0 Å². The van der Waals surface area contributed by atoms with Gasteiger partial charge in [0.2, 0.25) is 5.91 Å². The van der Waals surface area contributed by atoms with Gasteiger partial charge in [-0.15, -0.1) is 0 Å². The molecule has 0 spiro atoms. The van der Waals surface area contributed by atoms with E-state index in [9.17, 15) is 9.59 Å². The second kappa shape index (κ2) is 9.30. The molecule has 2 aromatic heterocycles. The van der Waals surface area contributed by atoms with Crippen molar-refractivity contribution in [1.82, 2.24) is 20.1 Å². The highest BCUT2D eigenvalue weighted by molar-refractivity contribution is 5.87. The number of amides is 1. The zero-order valence-corrected chi connectivity index (χ0v) is 17.2. The molecular formula is C24H24N4O3. The molecular weight excluding hydrogens is 392 g/mol. The normalized spacial score (nSPS) is 11.9. The average molecular weight is 416 g/mol. The summed E-state index contributed by atoms with van der Waals surface area (Å²) in [4.78, 5) is 28.0. The molecule has 2 heterocycles. The molecule has 0 saturated carbocycles. The number of carbonyl (C=O) groups excluding carboxylic acids is 2. The largest absolute Gasteiger partial charge is 0.467 e. The molecule has 158 valence electrons. The van der Waals surface area contributed by atoms with Gasteiger partial charge in [0, 0.05) is 36.1 Å². The van der Waals surface area contributed by atoms with Crippen molar-refractivity contribution >= 4 is 22.8 Å². The third-order valence-corrected chi connectivity index (χ3v) is 5.22. The Labute approximate surface area is 180 Å². The minimum atomic E-state index is -0.747. The second-order valence-electron chi connectivity index (χ2n) is 7.34. The molecule has 2 aromatic carbocycles. The van der Waals surface area contributed by atoms with E-state index in [0.717, 1.165) is 27.7 Å². The van der Waals surface area contributed by atoms with Crippen molar-refractivity contribution in [2.24, 2.45) is 0 Å². The Bertz CT molecular complexity index is 1180. The highest BCUT2D eigenvalue weighted by Crippen LogP contribution is 2.19. The zero-order valence-electron chi connectivity index (χ0n) is 17.2. The van der Waals surface area contributed by atoms with Gasteiger partial charge in [0.05, 0.1) is 19.0 Å². The van der Waals surface area contributed by atoms with Crippen LogP contribution in [0.2, 0.25) is 0 Å². The molecule has 1 atom stereocenters. The number of nitrogens with one attached hydrogen (secondary N) is 2. The van der Waals surface area contributed by atoms with E-state index in [4.69, 9.17) is 4.74 Å². The second-order valence-corrected chi connectivity index (χ2v) is 7.34. The van der Waals surface area contributed by atoms with Crippen molar-refractivity contribution in [3.63, 3.8) is 0 Å². The van der Waals surface area contributed by atoms with Gasteiger partial charge in [0.25, 0.3) is 0 Å². The molecule has 7 nitrogen and oxygen atoms in total. The number of fused-ring (bicyclic) bond motifs is 1. The summed E-state index contributed by atoms with van der Waals surface area (Å²) < 4.78 is 6.69. The Kier molecular flexibility index (Phi) is 6.12. The summed E-state index contributed by atoms with van der Waals surface area (Å²) in [5.74, 6) is -0.668. The first-order chi connectivity index (χ1) is 15.1. The van der Waals surface area contributed by atoms with Crippen molar-refractivity contribution in [1.29, 1.82) is 0 Å². The summed E-state index contributed by atoms with van der Waals surface area (Å²) >= 11 is 0. The number of ether oxygens (including phenoxy) is 1. The van der Waals surface area contributed by atoms with Crippen LogP contribution in [0.3, 0.4) is 0 Å². The van der Waals surface area contributed by atoms with Crippen LogP contribution in [0.5, 0.6) is 0 Å². The molecule has 0 aliphatic rings. The Morgan fingerprint density at radius 1 is 1.13 bits per heavy atom. The van der Waals surface area contributed by atoms with Gasteiger partial charge in [-0.05, 0) is 35.7 Å². The fraction of sp³-hybridized carbons (Fsp3) is 0.208. The number of H-pyrrole nitrogens is 1. The highest BCUT2D eigenvalue weighted by Gasteiger charge is 2.23. The highest BCUT2D eigenvalue weighted by atomic mass is 16.5. The van der Waals surface area contributed by atoms with Crippen LogP contribution >= 0.6 is 0 Å². The lowest BCUT2D eigenvalue weighted by Gasteiger charge is -2.16. The lowest BCUT2D eigenvalue weighted by atomic mass is 10.0. The number of benzene rings is 2. The van der Waals surface area contributed by atoms with Crippen LogP contribution in [0, 0.1) is 0 Å². The molecule has 31 heavy (non-hydrogen) atoms.